The second-order valence-corrected chi connectivity index (χ2v) is 11.7. The van der Waals surface area contributed by atoms with E-state index in [1.54, 1.807) is 0 Å². The molecule has 3 saturated carbocycles. The maximum absolute atomic E-state index is 13.7. The minimum atomic E-state index is -0.334. The number of rotatable bonds is 7. The van der Waals surface area contributed by atoms with Crippen LogP contribution in [0.4, 0.5) is 5.69 Å². The van der Waals surface area contributed by atoms with Crippen molar-refractivity contribution in [2.75, 3.05) is 37.7 Å². The lowest BCUT2D eigenvalue weighted by atomic mass is 9.45. The first-order chi connectivity index (χ1) is 15.5. The number of para-hydroxylation sites is 1. The minimum Gasteiger partial charge on any atom is -0.339 e. The fraction of sp³-hybridized carbons (Fsp3) is 0.750. The van der Waals surface area contributed by atoms with Gasteiger partial charge in [-0.25, -0.2) is 0 Å². The maximum atomic E-state index is 13.7. The number of benzene rings is 1. The van der Waals surface area contributed by atoms with Crippen molar-refractivity contribution in [3.05, 3.63) is 30.3 Å². The van der Waals surface area contributed by atoms with Crippen molar-refractivity contribution >= 4 is 11.6 Å². The lowest BCUT2D eigenvalue weighted by molar-refractivity contribution is -0.133. The average Bonchev–Trinajstić information content (AvgIpc) is 3.09. The Bertz CT molecular complexity index is 796. The average molecular weight is 438 g/mol. The van der Waals surface area contributed by atoms with E-state index in [1.165, 1.54) is 37.9 Å². The van der Waals surface area contributed by atoms with Crippen LogP contribution in [-0.4, -0.2) is 54.1 Å². The summed E-state index contributed by atoms with van der Waals surface area (Å²) in [5.41, 5.74) is 1.46. The third-order valence-corrected chi connectivity index (χ3v) is 9.86. The lowest BCUT2D eigenvalue weighted by Crippen LogP contribution is -2.57. The number of carbonyl (C=O) groups is 1. The summed E-state index contributed by atoms with van der Waals surface area (Å²) in [4.78, 5) is 20.9. The largest absolute Gasteiger partial charge is 0.339 e. The van der Waals surface area contributed by atoms with Gasteiger partial charge in [-0.05, 0) is 86.8 Å². The van der Waals surface area contributed by atoms with Gasteiger partial charge in [-0.15, -0.1) is 0 Å². The first-order valence-corrected chi connectivity index (χ1v) is 13.3. The van der Waals surface area contributed by atoms with Crippen molar-refractivity contribution in [3.63, 3.8) is 0 Å². The molecule has 5 fully saturated rings. The molecule has 4 heteroatoms. The van der Waals surface area contributed by atoms with Crippen LogP contribution in [0.3, 0.4) is 0 Å². The number of hydrogen-bond donors (Lipinski definition) is 0. The molecule has 2 aliphatic heterocycles. The molecule has 3 aliphatic carbocycles. The van der Waals surface area contributed by atoms with Crippen LogP contribution >= 0.6 is 0 Å². The van der Waals surface area contributed by atoms with Crippen LogP contribution in [0.25, 0.3) is 0 Å². The second kappa shape index (κ2) is 8.66. The molecule has 176 valence electrons. The number of amides is 1. The molecule has 32 heavy (non-hydrogen) atoms. The van der Waals surface area contributed by atoms with E-state index in [9.17, 15) is 4.79 Å². The molecule has 0 N–H and O–H groups in total. The normalized spacial score (nSPS) is 31.2. The highest BCUT2D eigenvalue weighted by molar-refractivity contribution is 5.93. The molecule has 5 aliphatic rings. The van der Waals surface area contributed by atoms with Crippen molar-refractivity contribution in [2.45, 2.75) is 77.7 Å². The topological polar surface area (TPSA) is 26.8 Å². The summed E-state index contributed by atoms with van der Waals surface area (Å²) in [5, 5.41) is 0. The number of unbranched alkanes of at least 4 members (excludes halogenated alkanes) is 1. The van der Waals surface area contributed by atoms with E-state index >= 15 is 0 Å². The van der Waals surface area contributed by atoms with Gasteiger partial charge in [0.2, 0.25) is 5.91 Å². The van der Waals surface area contributed by atoms with Gasteiger partial charge in [-0.3, -0.25) is 4.79 Å². The van der Waals surface area contributed by atoms with Crippen LogP contribution in [0, 0.1) is 23.2 Å². The summed E-state index contributed by atoms with van der Waals surface area (Å²) in [6, 6.07) is 10.6. The summed E-state index contributed by atoms with van der Waals surface area (Å²) in [6.45, 7) is 12.2. The molecule has 1 aromatic carbocycles. The molecule has 0 radical (unpaired) electrons. The molecule has 2 saturated heterocycles. The predicted octanol–water partition coefficient (Wildman–Crippen LogP) is 5.39. The number of fused-ring (bicyclic) bond motifs is 2. The molecule has 1 spiro atoms. The Morgan fingerprint density at radius 1 is 1.03 bits per heavy atom. The monoisotopic (exact) mass is 437 g/mol. The molecule has 2 bridgehead atoms. The standard InChI is InChI=1S/C28H43N3O/c1-4-5-16-30-21-31(24-9-7-6-8-10-24)28(26(30)32)14-18-29(19-15-28)17-13-22-11-12-23-20-25(22)27(23,2)3/h6-10,22-23,25H,4-5,11-21H2,1-3H3. The predicted molar refractivity (Wildman–Crippen MR) is 132 cm³/mol. The van der Waals surface area contributed by atoms with Gasteiger partial charge in [0.25, 0.3) is 0 Å². The quantitative estimate of drug-likeness (QED) is 0.572. The Labute approximate surface area is 195 Å². The molecule has 6 rings (SSSR count). The molecule has 3 unspecified atom stereocenters. The van der Waals surface area contributed by atoms with Gasteiger partial charge in [-0.1, -0.05) is 45.4 Å². The molecule has 0 aromatic heterocycles. The third kappa shape index (κ3) is 3.67. The molecule has 1 aromatic rings. The van der Waals surface area contributed by atoms with Gasteiger partial charge in [0.15, 0.2) is 0 Å². The zero-order valence-electron chi connectivity index (χ0n) is 20.6. The van der Waals surface area contributed by atoms with E-state index in [0.29, 0.717) is 11.3 Å². The van der Waals surface area contributed by atoms with Crippen LogP contribution in [0.5, 0.6) is 0 Å². The SMILES string of the molecule is CCCCN1CN(c2ccccc2)C2(CCN(CCC3CCC4CC3C4(C)C)CC2)C1=O. The van der Waals surface area contributed by atoms with Crippen molar-refractivity contribution in [2.24, 2.45) is 23.2 Å². The van der Waals surface area contributed by atoms with Crippen LogP contribution in [0.1, 0.15) is 72.1 Å². The third-order valence-electron chi connectivity index (χ3n) is 9.86. The number of carbonyl (C=O) groups excluding carboxylic acids is 1. The van der Waals surface area contributed by atoms with E-state index in [4.69, 9.17) is 0 Å². The van der Waals surface area contributed by atoms with E-state index in [0.717, 1.165) is 69.7 Å². The number of piperidine rings is 1. The highest BCUT2D eigenvalue weighted by Crippen LogP contribution is 2.62. The zero-order chi connectivity index (χ0) is 22.3. The van der Waals surface area contributed by atoms with E-state index < -0.39 is 0 Å². The molecular weight excluding hydrogens is 394 g/mol. The van der Waals surface area contributed by atoms with Crippen LogP contribution in [0.2, 0.25) is 0 Å². The minimum absolute atomic E-state index is 0.334. The van der Waals surface area contributed by atoms with E-state index in [-0.39, 0.29) is 5.54 Å². The number of anilines is 1. The molecule has 2 heterocycles. The Hall–Kier alpha value is -1.55. The van der Waals surface area contributed by atoms with Crippen molar-refractivity contribution in [3.8, 4) is 0 Å². The number of hydrogen-bond acceptors (Lipinski definition) is 3. The van der Waals surface area contributed by atoms with Gasteiger partial charge in [0, 0.05) is 25.3 Å². The van der Waals surface area contributed by atoms with Gasteiger partial charge in [0.1, 0.15) is 5.54 Å². The second-order valence-electron chi connectivity index (χ2n) is 11.7. The van der Waals surface area contributed by atoms with Crippen molar-refractivity contribution < 1.29 is 4.79 Å². The molecular formula is C28H43N3O. The fourth-order valence-corrected chi connectivity index (χ4v) is 7.52. The Kier molecular flexibility index (Phi) is 6.03. The Morgan fingerprint density at radius 2 is 1.78 bits per heavy atom. The van der Waals surface area contributed by atoms with Gasteiger partial charge < -0.3 is 14.7 Å². The first kappa shape index (κ1) is 22.3. The molecule has 1 amide bonds. The van der Waals surface area contributed by atoms with Gasteiger partial charge in [0.05, 0.1) is 6.67 Å². The summed E-state index contributed by atoms with van der Waals surface area (Å²) < 4.78 is 0. The van der Waals surface area contributed by atoms with Crippen LogP contribution in [0.15, 0.2) is 30.3 Å². The molecule has 4 nitrogen and oxygen atoms in total. The van der Waals surface area contributed by atoms with Gasteiger partial charge >= 0.3 is 0 Å². The van der Waals surface area contributed by atoms with E-state index in [2.05, 4.69) is 65.8 Å². The number of nitrogens with zero attached hydrogens (tertiary/aromatic N) is 3. The number of likely N-dealkylation sites (tertiary alicyclic amines) is 1. The maximum Gasteiger partial charge on any atom is 0.250 e. The highest BCUT2D eigenvalue weighted by atomic mass is 16.2. The van der Waals surface area contributed by atoms with E-state index in [1.807, 2.05) is 0 Å². The zero-order valence-corrected chi connectivity index (χ0v) is 20.6. The fourth-order valence-electron chi connectivity index (χ4n) is 7.52. The summed E-state index contributed by atoms with van der Waals surface area (Å²) >= 11 is 0. The van der Waals surface area contributed by atoms with Crippen molar-refractivity contribution in [1.29, 1.82) is 0 Å². The van der Waals surface area contributed by atoms with Crippen LogP contribution < -0.4 is 4.90 Å². The molecule has 3 atom stereocenters. The Morgan fingerprint density at radius 3 is 2.44 bits per heavy atom. The summed E-state index contributed by atoms with van der Waals surface area (Å²) in [7, 11) is 0. The summed E-state index contributed by atoms with van der Waals surface area (Å²) in [6.07, 6.45) is 9.89. The summed E-state index contributed by atoms with van der Waals surface area (Å²) in [5.74, 6) is 3.24. The highest BCUT2D eigenvalue weighted by Gasteiger charge is 2.55. The van der Waals surface area contributed by atoms with Crippen molar-refractivity contribution in [1.82, 2.24) is 9.80 Å². The Balaban J connectivity index is 1.23. The lowest BCUT2D eigenvalue weighted by Gasteiger charge is -2.60. The first-order valence-electron chi connectivity index (χ1n) is 13.3. The van der Waals surface area contributed by atoms with Crippen LogP contribution in [-0.2, 0) is 4.79 Å². The smallest absolute Gasteiger partial charge is 0.250 e. The van der Waals surface area contributed by atoms with Gasteiger partial charge in [-0.2, -0.15) is 0 Å².